The standard InChI is InChI=1S/C18H33N/c1-4-7-10-13-16-19(17-14-11-8-5-2)18-15-12-9-6-3/h10-15H,4-9,16-18H2,1-3H3/b13-10+,14-11+,15-12+. The topological polar surface area (TPSA) is 3.24 Å². The third kappa shape index (κ3) is 13.4. The average molecular weight is 263 g/mol. The maximum Gasteiger partial charge on any atom is 0.0169 e. The van der Waals surface area contributed by atoms with Crippen LogP contribution in [0.25, 0.3) is 0 Å². The van der Waals surface area contributed by atoms with E-state index in [9.17, 15) is 0 Å². The summed E-state index contributed by atoms with van der Waals surface area (Å²) in [6.45, 7) is 9.86. The lowest BCUT2D eigenvalue weighted by molar-refractivity contribution is 0.371. The summed E-state index contributed by atoms with van der Waals surface area (Å²) >= 11 is 0. The molecule has 0 atom stereocenters. The maximum absolute atomic E-state index is 2.48. The normalized spacial score (nSPS) is 12.6. The largest absolute Gasteiger partial charge is 0.292 e. The number of rotatable bonds is 12. The van der Waals surface area contributed by atoms with E-state index in [1.54, 1.807) is 0 Å². The Kier molecular flexibility index (Phi) is 14.6. The number of unbranched alkanes of at least 4 members (excludes halogenated alkanes) is 3. The number of hydrogen-bond donors (Lipinski definition) is 0. The minimum atomic E-state index is 1.06. The number of hydrogen-bond acceptors (Lipinski definition) is 1. The molecule has 0 spiro atoms. The van der Waals surface area contributed by atoms with Gasteiger partial charge in [0.05, 0.1) is 0 Å². The van der Waals surface area contributed by atoms with Crippen molar-refractivity contribution in [2.45, 2.75) is 59.3 Å². The van der Waals surface area contributed by atoms with Gasteiger partial charge in [0.15, 0.2) is 0 Å². The van der Waals surface area contributed by atoms with Crippen LogP contribution in [0.1, 0.15) is 59.3 Å². The van der Waals surface area contributed by atoms with Gasteiger partial charge in [-0.05, 0) is 19.3 Å². The average Bonchev–Trinajstić information content (AvgIpc) is 2.43. The molecule has 0 N–H and O–H groups in total. The first-order valence-corrected chi connectivity index (χ1v) is 8.02. The Bertz CT molecular complexity index is 208. The molecule has 19 heavy (non-hydrogen) atoms. The van der Waals surface area contributed by atoms with Gasteiger partial charge in [0.25, 0.3) is 0 Å². The Morgan fingerprint density at radius 2 is 0.842 bits per heavy atom. The smallest absolute Gasteiger partial charge is 0.0169 e. The first kappa shape index (κ1) is 18.2. The van der Waals surface area contributed by atoms with E-state index in [1.165, 1.54) is 38.5 Å². The van der Waals surface area contributed by atoms with Gasteiger partial charge in [-0.3, -0.25) is 4.90 Å². The molecule has 0 rings (SSSR count). The third-order valence-corrected chi connectivity index (χ3v) is 2.96. The highest BCUT2D eigenvalue weighted by Gasteiger charge is 1.97. The van der Waals surface area contributed by atoms with Crippen molar-refractivity contribution in [1.82, 2.24) is 4.90 Å². The van der Waals surface area contributed by atoms with Crippen LogP contribution in [0.15, 0.2) is 36.5 Å². The second kappa shape index (κ2) is 15.2. The van der Waals surface area contributed by atoms with Crippen molar-refractivity contribution in [3.8, 4) is 0 Å². The van der Waals surface area contributed by atoms with Gasteiger partial charge >= 0.3 is 0 Å². The summed E-state index contributed by atoms with van der Waals surface area (Å²) in [6.07, 6.45) is 21.2. The molecule has 0 aromatic carbocycles. The third-order valence-electron chi connectivity index (χ3n) is 2.96. The van der Waals surface area contributed by atoms with Crippen LogP contribution in [-0.4, -0.2) is 24.5 Å². The molecule has 0 saturated carbocycles. The van der Waals surface area contributed by atoms with Crippen molar-refractivity contribution < 1.29 is 0 Å². The molecule has 0 radical (unpaired) electrons. The molecule has 110 valence electrons. The highest BCUT2D eigenvalue weighted by atomic mass is 15.1. The Morgan fingerprint density at radius 3 is 1.11 bits per heavy atom. The minimum Gasteiger partial charge on any atom is -0.292 e. The minimum absolute atomic E-state index is 1.06. The van der Waals surface area contributed by atoms with E-state index in [-0.39, 0.29) is 0 Å². The van der Waals surface area contributed by atoms with Crippen LogP contribution in [0.3, 0.4) is 0 Å². The number of allylic oxidation sites excluding steroid dienone is 3. The molecule has 0 unspecified atom stereocenters. The first-order chi connectivity index (χ1) is 9.35. The van der Waals surface area contributed by atoms with Gasteiger partial charge in [-0.2, -0.15) is 0 Å². The zero-order chi connectivity index (χ0) is 14.2. The number of nitrogens with zero attached hydrogens (tertiary/aromatic N) is 1. The van der Waals surface area contributed by atoms with E-state index in [0.29, 0.717) is 0 Å². The Morgan fingerprint density at radius 1 is 0.526 bits per heavy atom. The predicted molar refractivity (Wildman–Crippen MR) is 88.6 cm³/mol. The summed E-state index contributed by atoms with van der Waals surface area (Å²) in [7, 11) is 0. The van der Waals surface area contributed by atoms with Crippen molar-refractivity contribution in [2.24, 2.45) is 0 Å². The molecule has 0 amide bonds. The maximum atomic E-state index is 2.48. The molecule has 1 nitrogen and oxygen atoms in total. The lowest BCUT2D eigenvalue weighted by atomic mass is 10.2. The summed E-state index contributed by atoms with van der Waals surface area (Å²) < 4.78 is 0. The van der Waals surface area contributed by atoms with E-state index < -0.39 is 0 Å². The molecule has 0 aliphatic carbocycles. The van der Waals surface area contributed by atoms with E-state index in [0.717, 1.165) is 19.6 Å². The molecular weight excluding hydrogens is 230 g/mol. The van der Waals surface area contributed by atoms with E-state index in [4.69, 9.17) is 0 Å². The molecule has 0 bridgehead atoms. The van der Waals surface area contributed by atoms with Crippen LogP contribution in [0.2, 0.25) is 0 Å². The zero-order valence-electron chi connectivity index (χ0n) is 13.3. The van der Waals surface area contributed by atoms with Crippen molar-refractivity contribution in [3.63, 3.8) is 0 Å². The summed E-state index contributed by atoms with van der Waals surface area (Å²) in [6, 6.07) is 0. The second-order valence-electron chi connectivity index (χ2n) is 5.00. The van der Waals surface area contributed by atoms with E-state index in [2.05, 4.69) is 62.1 Å². The van der Waals surface area contributed by atoms with Gasteiger partial charge in [0.1, 0.15) is 0 Å². The lowest BCUT2D eigenvalue weighted by Gasteiger charge is -2.16. The van der Waals surface area contributed by atoms with E-state index >= 15 is 0 Å². The second-order valence-corrected chi connectivity index (χ2v) is 5.00. The fraction of sp³-hybridized carbons (Fsp3) is 0.667. The van der Waals surface area contributed by atoms with Crippen LogP contribution in [0.5, 0.6) is 0 Å². The summed E-state index contributed by atoms with van der Waals surface area (Å²) in [5.41, 5.74) is 0. The monoisotopic (exact) mass is 263 g/mol. The molecule has 0 heterocycles. The van der Waals surface area contributed by atoms with Gasteiger partial charge in [-0.25, -0.2) is 0 Å². The van der Waals surface area contributed by atoms with Crippen molar-refractivity contribution >= 4 is 0 Å². The van der Waals surface area contributed by atoms with Crippen LogP contribution in [-0.2, 0) is 0 Å². The Labute approximate surface area is 121 Å². The van der Waals surface area contributed by atoms with Gasteiger partial charge in [-0.1, -0.05) is 76.5 Å². The summed E-state index contributed by atoms with van der Waals surface area (Å²) in [4.78, 5) is 2.48. The van der Waals surface area contributed by atoms with Crippen LogP contribution in [0, 0.1) is 0 Å². The first-order valence-electron chi connectivity index (χ1n) is 8.02. The molecule has 0 aromatic rings. The quantitative estimate of drug-likeness (QED) is 0.429. The van der Waals surface area contributed by atoms with Crippen molar-refractivity contribution in [1.29, 1.82) is 0 Å². The lowest BCUT2D eigenvalue weighted by Crippen LogP contribution is -2.24. The van der Waals surface area contributed by atoms with Gasteiger partial charge in [-0.15, -0.1) is 0 Å². The molecule has 0 aliphatic rings. The summed E-state index contributed by atoms with van der Waals surface area (Å²) in [5.74, 6) is 0. The SMILES string of the molecule is CCC/C=C/CN(C/C=C/CCC)C/C=C/CCC. The van der Waals surface area contributed by atoms with Crippen molar-refractivity contribution in [3.05, 3.63) is 36.5 Å². The Balaban J connectivity index is 4.05. The molecular formula is C18H33N. The Hall–Kier alpha value is -0.820. The predicted octanol–water partition coefficient (Wildman–Crippen LogP) is 5.36. The van der Waals surface area contributed by atoms with Crippen molar-refractivity contribution in [2.75, 3.05) is 19.6 Å². The van der Waals surface area contributed by atoms with Crippen LogP contribution < -0.4 is 0 Å². The fourth-order valence-electron chi connectivity index (χ4n) is 1.75. The van der Waals surface area contributed by atoms with Gasteiger partial charge in [0, 0.05) is 19.6 Å². The molecule has 0 fully saturated rings. The van der Waals surface area contributed by atoms with Crippen LogP contribution >= 0.6 is 0 Å². The molecule has 0 aliphatic heterocycles. The van der Waals surface area contributed by atoms with Gasteiger partial charge in [0.2, 0.25) is 0 Å². The molecule has 0 aromatic heterocycles. The van der Waals surface area contributed by atoms with E-state index in [1.807, 2.05) is 0 Å². The molecule has 0 saturated heterocycles. The highest BCUT2D eigenvalue weighted by Crippen LogP contribution is 1.97. The fourth-order valence-corrected chi connectivity index (χ4v) is 1.75. The summed E-state index contributed by atoms with van der Waals surface area (Å²) in [5, 5.41) is 0. The van der Waals surface area contributed by atoms with Gasteiger partial charge < -0.3 is 0 Å². The molecule has 1 heteroatoms. The van der Waals surface area contributed by atoms with Crippen LogP contribution in [0.4, 0.5) is 0 Å². The zero-order valence-corrected chi connectivity index (χ0v) is 13.3. The highest BCUT2D eigenvalue weighted by molar-refractivity contribution is 4.93.